The lowest BCUT2D eigenvalue weighted by molar-refractivity contribution is -0.111. The highest BCUT2D eigenvalue weighted by Crippen LogP contribution is 2.66. The average Bonchev–Trinajstić information content (AvgIpc) is 3.17. The second-order valence-electron chi connectivity index (χ2n) is 8.02. The van der Waals surface area contributed by atoms with Gasteiger partial charge < -0.3 is 10.2 Å². The van der Waals surface area contributed by atoms with E-state index >= 15 is 0 Å². The summed E-state index contributed by atoms with van der Waals surface area (Å²) >= 11 is 4.92. The van der Waals surface area contributed by atoms with Crippen molar-refractivity contribution in [2.75, 3.05) is 0 Å². The van der Waals surface area contributed by atoms with Crippen LogP contribution in [0.15, 0.2) is 35.3 Å². The third-order valence-electron chi connectivity index (χ3n) is 5.65. The van der Waals surface area contributed by atoms with Crippen LogP contribution in [0, 0.1) is 11.3 Å². The van der Waals surface area contributed by atoms with Gasteiger partial charge in [-0.25, -0.2) is 0 Å². The fraction of sp³-hybridized carbons (Fsp3) is 0.391. The van der Waals surface area contributed by atoms with Crippen LogP contribution in [0.5, 0.6) is 0 Å². The molecule has 30 heavy (non-hydrogen) atoms. The van der Waals surface area contributed by atoms with Crippen LogP contribution in [0.3, 0.4) is 0 Å². The fourth-order valence-corrected chi connectivity index (χ4v) is 6.83. The van der Waals surface area contributed by atoms with Gasteiger partial charge in [-0.3, -0.25) is 9.79 Å². The minimum absolute atomic E-state index is 0.0150. The number of nitrogens with one attached hydrogen (secondary N) is 1. The lowest BCUT2D eigenvalue weighted by Gasteiger charge is -2.18. The quantitative estimate of drug-likeness (QED) is 0.259. The van der Waals surface area contributed by atoms with Gasteiger partial charge in [0.15, 0.2) is 6.29 Å². The summed E-state index contributed by atoms with van der Waals surface area (Å²) < 4.78 is 0.121. The Kier molecular flexibility index (Phi) is 6.95. The molecule has 3 atom stereocenters. The van der Waals surface area contributed by atoms with Crippen LogP contribution < -0.4 is 0 Å². The number of nitrogens with zero attached hydrogens (tertiary/aromatic N) is 1. The molecule has 1 aliphatic rings. The molecule has 0 spiro atoms. The van der Waals surface area contributed by atoms with Crippen LogP contribution in [0.1, 0.15) is 48.7 Å². The van der Waals surface area contributed by atoms with Gasteiger partial charge in [-0.15, -0.1) is 34.4 Å². The molecule has 2 aromatic rings. The van der Waals surface area contributed by atoms with Crippen LogP contribution in [0.25, 0.3) is 15.3 Å². The van der Waals surface area contributed by atoms with Crippen LogP contribution >= 0.6 is 34.4 Å². The van der Waals surface area contributed by atoms with Crippen molar-refractivity contribution in [1.82, 2.24) is 0 Å². The molecular formula is C23H26N2O2S3. The monoisotopic (exact) mass is 458 g/mol. The SMILES string of the molecule is CC(/C=C(\C=N)c1ccc(-c2ccc(C=O)s2)s1)/N=C\C[C@H](C=O)[C@@]1(C)SC1(C)C. The second kappa shape index (κ2) is 9.12. The van der Waals surface area contributed by atoms with Crippen LogP contribution in [-0.2, 0) is 4.79 Å². The zero-order valence-electron chi connectivity index (χ0n) is 17.5. The van der Waals surface area contributed by atoms with Crippen molar-refractivity contribution in [1.29, 1.82) is 5.41 Å². The summed E-state index contributed by atoms with van der Waals surface area (Å²) in [5.41, 5.74) is 0.820. The first-order chi connectivity index (χ1) is 14.2. The fourth-order valence-electron chi connectivity index (χ4n) is 3.46. The highest BCUT2D eigenvalue weighted by molar-refractivity contribution is 8.09. The molecule has 0 saturated carbocycles. The zero-order chi connectivity index (χ0) is 21.9. The van der Waals surface area contributed by atoms with E-state index in [9.17, 15) is 9.59 Å². The molecule has 1 unspecified atom stereocenters. The predicted molar refractivity (Wildman–Crippen MR) is 132 cm³/mol. The summed E-state index contributed by atoms with van der Waals surface area (Å²) in [6, 6.07) is 7.72. The number of aliphatic imine (C=N–C) groups is 1. The summed E-state index contributed by atoms with van der Waals surface area (Å²) in [5.74, 6) is -0.0402. The number of allylic oxidation sites excluding steroid dienone is 1. The normalized spacial score (nSPS) is 22.6. The van der Waals surface area contributed by atoms with E-state index in [2.05, 4.69) is 25.8 Å². The number of carbonyl (C=O) groups excluding carboxylic acids is 2. The van der Waals surface area contributed by atoms with Crippen molar-refractivity contribution in [3.63, 3.8) is 0 Å². The molecule has 158 valence electrons. The number of thioether (sulfide) groups is 1. The largest absolute Gasteiger partial charge is 0.308 e. The molecule has 4 nitrogen and oxygen atoms in total. The molecular weight excluding hydrogens is 432 g/mol. The maximum atomic E-state index is 11.6. The molecule has 7 heteroatoms. The van der Waals surface area contributed by atoms with Crippen LogP contribution in [-0.4, -0.2) is 40.5 Å². The van der Waals surface area contributed by atoms with Gasteiger partial charge in [0.1, 0.15) is 6.29 Å². The van der Waals surface area contributed by atoms with Gasteiger partial charge >= 0.3 is 0 Å². The van der Waals surface area contributed by atoms with Crippen molar-refractivity contribution < 1.29 is 9.59 Å². The first-order valence-electron chi connectivity index (χ1n) is 9.79. The Labute approximate surface area is 190 Å². The summed E-state index contributed by atoms with van der Waals surface area (Å²) in [4.78, 5) is 30.9. The summed E-state index contributed by atoms with van der Waals surface area (Å²) in [6.07, 6.45) is 7.74. The molecule has 2 aromatic heterocycles. The molecule has 0 aromatic carbocycles. The van der Waals surface area contributed by atoms with Crippen molar-refractivity contribution in [3.8, 4) is 9.75 Å². The summed E-state index contributed by atoms with van der Waals surface area (Å²) in [5, 5.41) is 7.82. The minimum Gasteiger partial charge on any atom is -0.308 e. The number of rotatable bonds is 10. The van der Waals surface area contributed by atoms with Gasteiger partial charge in [-0.2, -0.15) is 0 Å². The molecule has 1 fully saturated rings. The third kappa shape index (κ3) is 4.74. The van der Waals surface area contributed by atoms with E-state index in [1.165, 1.54) is 17.6 Å². The average molecular weight is 459 g/mol. The maximum absolute atomic E-state index is 11.6. The molecule has 3 heterocycles. The Morgan fingerprint density at radius 2 is 1.80 bits per heavy atom. The zero-order valence-corrected chi connectivity index (χ0v) is 20.0. The van der Waals surface area contributed by atoms with E-state index in [1.54, 1.807) is 11.3 Å². The standard InChI is InChI=1S/C23H26N2O2S3/c1-15(25-10-9-17(13-26)23(4)22(2,3)30-23)11-16(12-24)19-7-8-21(29-19)20-6-5-18(14-27)28-20/h5-8,10-15,17,24H,9H2,1-4H3/b16-11+,24-12?,25-10-/t15?,17-,23-/m1/s1. The van der Waals surface area contributed by atoms with Gasteiger partial charge in [-0.1, -0.05) is 6.08 Å². The summed E-state index contributed by atoms with van der Waals surface area (Å²) in [6.45, 7) is 8.50. The number of hydrogen-bond acceptors (Lipinski definition) is 7. The van der Waals surface area contributed by atoms with Gasteiger partial charge in [0.05, 0.1) is 10.9 Å². The molecule has 0 amide bonds. The molecule has 3 rings (SSSR count). The van der Waals surface area contributed by atoms with Gasteiger partial charge in [0.25, 0.3) is 0 Å². The van der Waals surface area contributed by atoms with Crippen LogP contribution in [0.4, 0.5) is 0 Å². The molecule has 1 saturated heterocycles. The Balaban J connectivity index is 1.67. The predicted octanol–water partition coefficient (Wildman–Crippen LogP) is 6.27. The lowest BCUT2D eigenvalue weighted by Crippen LogP contribution is -2.28. The van der Waals surface area contributed by atoms with Gasteiger partial charge in [0.2, 0.25) is 0 Å². The van der Waals surface area contributed by atoms with E-state index in [-0.39, 0.29) is 21.5 Å². The highest BCUT2D eigenvalue weighted by atomic mass is 32.2. The maximum Gasteiger partial charge on any atom is 0.160 e. The first-order valence-corrected chi connectivity index (χ1v) is 12.2. The Morgan fingerprint density at radius 1 is 1.13 bits per heavy atom. The summed E-state index contributed by atoms with van der Waals surface area (Å²) in [7, 11) is 0. The molecule has 0 aliphatic carbocycles. The molecule has 0 bridgehead atoms. The number of hydrogen-bond donors (Lipinski definition) is 1. The van der Waals surface area contributed by atoms with Gasteiger partial charge in [-0.05, 0) is 58.4 Å². The van der Waals surface area contributed by atoms with Crippen molar-refractivity contribution >= 4 is 65.0 Å². The highest BCUT2D eigenvalue weighted by Gasteiger charge is 2.62. The van der Waals surface area contributed by atoms with Crippen molar-refractivity contribution in [2.45, 2.75) is 49.7 Å². The molecule has 1 N–H and O–H groups in total. The number of thiophene rings is 2. The van der Waals surface area contributed by atoms with E-state index in [1.807, 2.05) is 55.2 Å². The van der Waals surface area contributed by atoms with Crippen molar-refractivity contribution in [3.05, 3.63) is 40.1 Å². The topological polar surface area (TPSA) is 70.3 Å². The smallest absolute Gasteiger partial charge is 0.160 e. The van der Waals surface area contributed by atoms with Crippen molar-refractivity contribution in [2.24, 2.45) is 10.9 Å². The molecule has 0 radical (unpaired) electrons. The Morgan fingerprint density at radius 3 is 2.37 bits per heavy atom. The van der Waals surface area contributed by atoms with Crippen LogP contribution in [0.2, 0.25) is 0 Å². The Hall–Kier alpha value is -1.83. The molecule has 1 aliphatic heterocycles. The second-order valence-corrected chi connectivity index (χ2v) is 12.3. The lowest BCUT2D eigenvalue weighted by atomic mass is 9.84. The van der Waals surface area contributed by atoms with E-state index < -0.39 is 0 Å². The number of aldehydes is 2. The van der Waals surface area contributed by atoms with Gasteiger partial charge in [0, 0.05) is 48.0 Å². The van der Waals surface area contributed by atoms with E-state index in [4.69, 9.17) is 5.41 Å². The third-order valence-corrected chi connectivity index (χ3v) is 9.95. The first kappa shape index (κ1) is 22.8. The minimum atomic E-state index is -0.0875. The Bertz CT molecular complexity index is 1000. The van der Waals surface area contributed by atoms with E-state index in [0.29, 0.717) is 11.3 Å². The van der Waals surface area contributed by atoms with E-state index in [0.717, 1.165) is 32.8 Å². The number of carbonyl (C=O) groups is 2.